The van der Waals surface area contributed by atoms with Gasteiger partial charge in [0, 0.05) is 22.7 Å². The molecule has 1 fully saturated rings. The van der Waals surface area contributed by atoms with Gasteiger partial charge in [-0.05, 0) is 63.7 Å². The van der Waals surface area contributed by atoms with Gasteiger partial charge in [-0.25, -0.2) is 14.4 Å². The van der Waals surface area contributed by atoms with E-state index in [0.29, 0.717) is 28.6 Å². The van der Waals surface area contributed by atoms with E-state index in [9.17, 15) is 4.39 Å². The number of piperidine rings is 1. The minimum absolute atomic E-state index is 0.268. The number of benzene rings is 1. The zero-order valence-electron chi connectivity index (χ0n) is 15.7. The maximum absolute atomic E-state index is 14.5. The molecule has 27 heavy (non-hydrogen) atoms. The molecule has 0 radical (unpaired) electrons. The number of hydrogen-bond acceptors (Lipinski definition) is 5. The summed E-state index contributed by atoms with van der Waals surface area (Å²) in [5, 5.41) is 4.56. The summed E-state index contributed by atoms with van der Waals surface area (Å²) >= 11 is 0. The number of nitrogens with zero attached hydrogens (tertiary/aromatic N) is 3. The number of pyridine rings is 2. The number of aryl methyl sites for hydroxylation is 1. The molecule has 3 N–H and O–H groups in total. The average Bonchev–Trinajstić information content (AvgIpc) is 2.64. The average molecular weight is 365 g/mol. The van der Waals surface area contributed by atoms with Gasteiger partial charge >= 0.3 is 0 Å². The fourth-order valence-corrected chi connectivity index (χ4v) is 3.72. The standard InChI is InChI=1S/C21H24FN5/c1-13-4-3-5-16(22)21(13)18-11-17(25-14-6-8-27(2)9-7-14)15-10-20(23)24-12-19(15)26-18/h3-5,10-12,14H,6-9H2,1-2H3,(H2,23,24)(H,25,26). The maximum atomic E-state index is 14.5. The number of likely N-dealkylation sites (tertiary alicyclic amines) is 1. The third-order valence-electron chi connectivity index (χ3n) is 5.27. The zero-order chi connectivity index (χ0) is 19.0. The molecular formula is C21H24FN5. The smallest absolute Gasteiger partial charge is 0.132 e. The minimum atomic E-state index is -0.268. The van der Waals surface area contributed by atoms with Crippen LogP contribution >= 0.6 is 0 Å². The van der Waals surface area contributed by atoms with Crippen molar-refractivity contribution in [3.63, 3.8) is 0 Å². The highest BCUT2D eigenvalue weighted by atomic mass is 19.1. The van der Waals surface area contributed by atoms with Crippen LogP contribution in [0, 0.1) is 12.7 Å². The summed E-state index contributed by atoms with van der Waals surface area (Å²) in [7, 11) is 2.14. The Hall–Kier alpha value is -2.73. The highest BCUT2D eigenvalue weighted by Crippen LogP contribution is 2.33. The molecule has 2 aromatic heterocycles. The number of aromatic nitrogens is 2. The number of fused-ring (bicyclic) bond motifs is 1. The number of nitrogens with one attached hydrogen (secondary N) is 1. The van der Waals surface area contributed by atoms with E-state index in [1.54, 1.807) is 12.3 Å². The predicted molar refractivity (Wildman–Crippen MR) is 108 cm³/mol. The Morgan fingerprint density at radius 2 is 2.00 bits per heavy atom. The number of halogens is 1. The minimum Gasteiger partial charge on any atom is -0.384 e. The summed E-state index contributed by atoms with van der Waals surface area (Å²) in [4.78, 5) is 11.2. The summed E-state index contributed by atoms with van der Waals surface area (Å²) in [6.07, 6.45) is 3.79. The van der Waals surface area contributed by atoms with Gasteiger partial charge in [0.15, 0.2) is 0 Å². The van der Waals surface area contributed by atoms with Gasteiger partial charge in [-0.3, -0.25) is 0 Å². The van der Waals surface area contributed by atoms with Crippen LogP contribution < -0.4 is 11.1 Å². The SMILES string of the molecule is Cc1cccc(F)c1-c1cc(NC2CCN(C)CC2)c2cc(N)ncc2n1. The van der Waals surface area contributed by atoms with Crippen molar-refractivity contribution in [1.82, 2.24) is 14.9 Å². The van der Waals surface area contributed by atoms with Gasteiger partial charge in [0.25, 0.3) is 0 Å². The molecule has 1 saturated heterocycles. The van der Waals surface area contributed by atoms with Crippen LogP contribution in [0.5, 0.6) is 0 Å². The number of nitrogens with two attached hydrogens (primary N) is 1. The van der Waals surface area contributed by atoms with E-state index in [-0.39, 0.29) is 5.82 Å². The maximum Gasteiger partial charge on any atom is 0.132 e. The molecule has 0 atom stereocenters. The molecular weight excluding hydrogens is 341 g/mol. The fraction of sp³-hybridized carbons (Fsp3) is 0.333. The van der Waals surface area contributed by atoms with Crippen LogP contribution in [0.4, 0.5) is 15.9 Å². The third kappa shape index (κ3) is 3.57. The van der Waals surface area contributed by atoms with Gasteiger partial charge in [-0.15, -0.1) is 0 Å². The monoisotopic (exact) mass is 365 g/mol. The van der Waals surface area contributed by atoms with Gasteiger partial charge in [0.2, 0.25) is 0 Å². The largest absolute Gasteiger partial charge is 0.384 e. The van der Waals surface area contributed by atoms with Crippen molar-refractivity contribution in [1.29, 1.82) is 0 Å². The van der Waals surface area contributed by atoms with E-state index < -0.39 is 0 Å². The second kappa shape index (κ2) is 7.12. The Bertz CT molecular complexity index is 959. The van der Waals surface area contributed by atoms with Crippen molar-refractivity contribution in [3.05, 3.63) is 47.9 Å². The van der Waals surface area contributed by atoms with Crippen molar-refractivity contribution in [3.8, 4) is 11.3 Å². The van der Waals surface area contributed by atoms with Gasteiger partial charge < -0.3 is 16.0 Å². The first-order chi connectivity index (χ1) is 13.0. The second-order valence-electron chi connectivity index (χ2n) is 7.33. The van der Waals surface area contributed by atoms with Gasteiger partial charge in [0.1, 0.15) is 11.6 Å². The van der Waals surface area contributed by atoms with Crippen LogP contribution in [0.1, 0.15) is 18.4 Å². The Balaban J connectivity index is 1.81. The Morgan fingerprint density at radius 3 is 2.74 bits per heavy atom. The predicted octanol–water partition coefficient (Wildman–Crippen LogP) is 3.83. The summed E-state index contributed by atoms with van der Waals surface area (Å²) in [6.45, 7) is 4.02. The first kappa shape index (κ1) is 17.7. The van der Waals surface area contributed by atoms with Gasteiger partial charge in [-0.2, -0.15) is 0 Å². The van der Waals surface area contributed by atoms with Crippen molar-refractivity contribution in [2.45, 2.75) is 25.8 Å². The van der Waals surface area contributed by atoms with E-state index in [1.165, 1.54) is 6.07 Å². The summed E-state index contributed by atoms with van der Waals surface area (Å²) in [5.41, 5.74) is 9.55. The molecule has 1 aromatic carbocycles. The lowest BCUT2D eigenvalue weighted by atomic mass is 10.0. The van der Waals surface area contributed by atoms with Gasteiger partial charge in [-0.1, -0.05) is 12.1 Å². The molecule has 6 heteroatoms. The molecule has 1 aliphatic heterocycles. The van der Waals surface area contributed by atoms with Crippen LogP contribution in [0.15, 0.2) is 36.5 Å². The zero-order valence-corrected chi connectivity index (χ0v) is 15.7. The molecule has 0 amide bonds. The van der Waals surface area contributed by atoms with Crippen LogP contribution in [-0.2, 0) is 0 Å². The molecule has 0 spiro atoms. The molecule has 140 valence electrons. The van der Waals surface area contributed by atoms with Crippen molar-refractivity contribution in [2.24, 2.45) is 0 Å². The van der Waals surface area contributed by atoms with Crippen LogP contribution in [0.3, 0.4) is 0 Å². The number of hydrogen-bond donors (Lipinski definition) is 2. The summed E-state index contributed by atoms with van der Waals surface area (Å²) < 4.78 is 14.5. The van der Waals surface area contributed by atoms with E-state index in [2.05, 4.69) is 27.2 Å². The summed E-state index contributed by atoms with van der Waals surface area (Å²) in [6, 6.07) is 9.23. The lowest BCUT2D eigenvalue weighted by Crippen LogP contribution is -2.36. The van der Waals surface area contributed by atoms with Crippen molar-refractivity contribution in [2.75, 3.05) is 31.2 Å². The topological polar surface area (TPSA) is 67.1 Å². The molecule has 0 unspecified atom stereocenters. The second-order valence-corrected chi connectivity index (χ2v) is 7.33. The quantitative estimate of drug-likeness (QED) is 0.738. The van der Waals surface area contributed by atoms with Crippen LogP contribution in [0.2, 0.25) is 0 Å². The summed E-state index contributed by atoms with van der Waals surface area (Å²) in [5.74, 6) is 0.182. The lowest BCUT2D eigenvalue weighted by Gasteiger charge is -2.30. The highest BCUT2D eigenvalue weighted by molar-refractivity contribution is 5.95. The normalized spacial score (nSPS) is 16.0. The van der Waals surface area contributed by atoms with E-state index in [4.69, 9.17) is 5.73 Å². The molecule has 0 bridgehead atoms. The Morgan fingerprint density at radius 1 is 1.22 bits per heavy atom. The molecule has 3 heterocycles. The number of nitrogen functional groups attached to an aromatic ring is 1. The fourth-order valence-electron chi connectivity index (χ4n) is 3.72. The molecule has 4 rings (SSSR count). The van der Waals surface area contributed by atoms with Gasteiger partial charge in [0.05, 0.1) is 17.4 Å². The molecule has 0 aliphatic carbocycles. The van der Waals surface area contributed by atoms with Crippen LogP contribution in [0.25, 0.3) is 22.2 Å². The Kier molecular flexibility index (Phi) is 4.66. The first-order valence-corrected chi connectivity index (χ1v) is 9.28. The molecule has 5 nitrogen and oxygen atoms in total. The number of anilines is 2. The van der Waals surface area contributed by atoms with Crippen molar-refractivity contribution >= 4 is 22.4 Å². The molecule has 3 aromatic rings. The Labute approximate surface area is 158 Å². The number of rotatable bonds is 3. The van der Waals surface area contributed by atoms with Crippen LogP contribution in [-0.4, -0.2) is 41.0 Å². The van der Waals surface area contributed by atoms with E-state index >= 15 is 0 Å². The first-order valence-electron chi connectivity index (χ1n) is 9.28. The highest BCUT2D eigenvalue weighted by Gasteiger charge is 2.19. The van der Waals surface area contributed by atoms with E-state index in [1.807, 2.05) is 25.1 Å². The molecule has 0 saturated carbocycles. The third-order valence-corrected chi connectivity index (χ3v) is 5.27. The lowest BCUT2D eigenvalue weighted by molar-refractivity contribution is 0.264. The van der Waals surface area contributed by atoms with Crippen molar-refractivity contribution < 1.29 is 4.39 Å². The molecule has 1 aliphatic rings. The van der Waals surface area contributed by atoms with E-state index in [0.717, 1.165) is 42.6 Å².